The van der Waals surface area contributed by atoms with Crippen LogP contribution in [0.15, 0.2) is 42.7 Å². The maximum absolute atomic E-state index is 11.4. The Morgan fingerprint density at radius 3 is 3.00 bits per heavy atom. The molecule has 2 rings (SSSR count). The zero-order valence-corrected chi connectivity index (χ0v) is 10.4. The first-order valence-corrected chi connectivity index (χ1v) is 5.85. The predicted molar refractivity (Wildman–Crippen MR) is 69.5 cm³/mol. The number of aromatic nitrogens is 2. The number of hydrogen-bond acceptors (Lipinski definition) is 5. The van der Waals surface area contributed by atoms with Gasteiger partial charge >= 0.3 is 5.97 Å². The maximum Gasteiger partial charge on any atom is 0.344 e. The Labute approximate surface area is 110 Å². The minimum atomic E-state index is -0.422. The summed E-state index contributed by atoms with van der Waals surface area (Å²) in [5.74, 6) is 0.124. The highest BCUT2D eigenvalue weighted by Crippen LogP contribution is 2.14. The van der Waals surface area contributed by atoms with Crippen LogP contribution in [-0.2, 0) is 16.1 Å². The summed E-state index contributed by atoms with van der Waals surface area (Å²) in [6.45, 7) is 0.653. The van der Waals surface area contributed by atoms with E-state index in [-0.39, 0.29) is 13.2 Å². The van der Waals surface area contributed by atoms with E-state index in [0.29, 0.717) is 18.0 Å². The van der Waals surface area contributed by atoms with E-state index >= 15 is 0 Å². The maximum atomic E-state index is 11.4. The molecule has 100 valence electrons. The number of esters is 1. The lowest BCUT2D eigenvalue weighted by Gasteiger charge is -2.07. The molecule has 0 saturated carbocycles. The third kappa shape index (κ3) is 4.34. The van der Waals surface area contributed by atoms with Crippen LogP contribution in [0.3, 0.4) is 0 Å². The fourth-order valence-electron chi connectivity index (χ4n) is 1.47. The molecule has 2 aromatic rings. The van der Waals surface area contributed by atoms with Gasteiger partial charge in [0.25, 0.3) is 0 Å². The van der Waals surface area contributed by atoms with Crippen molar-refractivity contribution in [1.82, 2.24) is 9.78 Å². The first kappa shape index (κ1) is 12.9. The standard InChI is InChI=1S/C13H15N3O3/c14-11-3-1-4-12(9-11)19-10-13(17)18-8-7-16-6-2-5-15-16/h1-6,9H,7-8,10,14H2. The summed E-state index contributed by atoms with van der Waals surface area (Å²) < 4.78 is 12.0. The molecule has 0 aliphatic heterocycles. The first-order valence-electron chi connectivity index (χ1n) is 5.85. The van der Waals surface area contributed by atoms with E-state index in [0.717, 1.165) is 0 Å². The van der Waals surface area contributed by atoms with E-state index in [1.54, 1.807) is 41.3 Å². The topological polar surface area (TPSA) is 79.4 Å². The zero-order valence-electron chi connectivity index (χ0n) is 10.4. The van der Waals surface area contributed by atoms with Gasteiger partial charge in [-0.1, -0.05) is 6.07 Å². The van der Waals surface area contributed by atoms with Crippen LogP contribution in [0.25, 0.3) is 0 Å². The van der Waals surface area contributed by atoms with Gasteiger partial charge in [-0.05, 0) is 18.2 Å². The molecule has 0 atom stereocenters. The quantitative estimate of drug-likeness (QED) is 0.622. The average Bonchev–Trinajstić information content (AvgIpc) is 2.90. The summed E-state index contributed by atoms with van der Waals surface area (Å²) in [5.41, 5.74) is 6.18. The molecule has 2 N–H and O–H groups in total. The lowest BCUT2D eigenvalue weighted by atomic mass is 10.3. The normalized spacial score (nSPS) is 10.1. The molecule has 0 spiro atoms. The second-order valence-corrected chi connectivity index (χ2v) is 3.85. The van der Waals surface area contributed by atoms with Crippen LogP contribution in [0.4, 0.5) is 5.69 Å². The van der Waals surface area contributed by atoms with E-state index in [4.69, 9.17) is 15.2 Å². The van der Waals surface area contributed by atoms with Crippen LogP contribution in [0, 0.1) is 0 Å². The highest BCUT2D eigenvalue weighted by molar-refractivity contribution is 5.71. The molecule has 1 heterocycles. The van der Waals surface area contributed by atoms with E-state index in [1.165, 1.54) is 0 Å². The Kier molecular flexibility index (Phi) is 4.39. The van der Waals surface area contributed by atoms with E-state index in [9.17, 15) is 4.79 Å². The van der Waals surface area contributed by atoms with Gasteiger partial charge in [-0.2, -0.15) is 5.10 Å². The van der Waals surface area contributed by atoms with Crippen molar-refractivity contribution in [1.29, 1.82) is 0 Å². The van der Waals surface area contributed by atoms with Crippen molar-refractivity contribution in [3.05, 3.63) is 42.7 Å². The third-order valence-corrected chi connectivity index (χ3v) is 2.36. The molecular weight excluding hydrogens is 246 g/mol. The van der Waals surface area contributed by atoms with Crippen LogP contribution >= 0.6 is 0 Å². The van der Waals surface area contributed by atoms with Crippen molar-refractivity contribution >= 4 is 11.7 Å². The fraction of sp³-hybridized carbons (Fsp3) is 0.231. The number of anilines is 1. The molecule has 0 amide bonds. The number of carbonyl (C=O) groups is 1. The fourth-order valence-corrected chi connectivity index (χ4v) is 1.47. The number of rotatable bonds is 6. The molecule has 0 saturated heterocycles. The first-order chi connectivity index (χ1) is 9.24. The lowest BCUT2D eigenvalue weighted by Crippen LogP contribution is -2.17. The highest BCUT2D eigenvalue weighted by atomic mass is 16.6. The summed E-state index contributed by atoms with van der Waals surface area (Å²) in [6, 6.07) is 8.69. The Bertz CT molecular complexity index is 526. The van der Waals surface area contributed by atoms with Crippen LogP contribution in [0.1, 0.15) is 0 Å². The summed E-state index contributed by atoms with van der Waals surface area (Å²) in [4.78, 5) is 11.4. The van der Waals surface area contributed by atoms with Gasteiger partial charge in [0.2, 0.25) is 0 Å². The van der Waals surface area contributed by atoms with Crippen LogP contribution in [0.2, 0.25) is 0 Å². The van der Waals surface area contributed by atoms with Crippen molar-refractivity contribution in [3.8, 4) is 5.75 Å². The van der Waals surface area contributed by atoms with Crippen LogP contribution in [-0.4, -0.2) is 29.0 Å². The smallest absolute Gasteiger partial charge is 0.344 e. The molecule has 0 unspecified atom stereocenters. The molecule has 0 radical (unpaired) electrons. The number of benzene rings is 1. The van der Waals surface area contributed by atoms with Crippen molar-refractivity contribution in [2.24, 2.45) is 0 Å². The van der Waals surface area contributed by atoms with Crippen molar-refractivity contribution in [2.45, 2.75) is 6.54 Å². The number of nitrogen functional groups attached to an aromatic ring is 1. The van der Waals surface area contributed by atoms with Gasteiger partial charge in [-0.25, -0.2) is 4.79 Å². The third-order valence-electron chi connectivity index (χ3n) is 2.36. The molecule has 1 aromatic carbocycles. The zero-order chi connectivity index (χ0) is 13.5. The summed E-state index contributed by atoms with van der Waals surface area (Å²) in [7, 11) is 0. The molecule has 6 nitrogen and oxygen atoms in total. The molecule has 6 heteroatoms. The van der Waals surface area contributed by atoms with Gasteiger partial charge in [0.1, 0.15) is 12.4 Å². The van der Waals surface area contributed by atoms with E-state index in [2.05, 4.69) is 5.10 Å². The predicted octanol–water partition coefficient (Wildman–Crippen LogP) is 1.09. The van der Waals surface area contributed by atoms with Crippen molar-refractivity contribution in [2.75, 3.05) is 18.9 Å². The molecule has 0 aliphatic carbocycles. The second-order valence-electron chi connectivity index (χ2n) is 3.85. The number of hydrogen-bond donors (Lipinski definition) is 1. The molecule has 1 aromatic heterocycles. The lowest BCUT2D eigenvalue weighted by molar-refractivity contribution is -0.146. The van der Waals surface area contributed by atoms with Gasteiger partial charge in [0, 0.05) is 24.1 Å². The van der Waals surface area contributed by atoms with Crippen molar-refractivity contribution in [3.63, 3.8) is 0 Å². The molecular formula is C13H15N3O3. The summed E-state index contributed by atoms with van der Waals surface area (Å²) in [5, 5.41) is 4.00. The summed E-state index contributed by atoms with van der Waals surface area (Å²) >= 11 is 0. The number of ether oxygens (including phenoxy) is 2. The van der Waals surface area contributed by atoms with Crippen molar-refractivity contribution < 1.29 is 14.3 Å². The van der Waals surface area contributed by atoms with Gasteiger partial charge in [0.15, 0.2) is 6.61 Å². The van der Waals surface area contributed by atoms with E-state index < -0.39 is 5.97 Å². The Morgan fingerprint density at radius 1 is 1.37 bits per heavy atom. The minimum absolute atomic E-state index is 0.136. The average molecular weight is 261 g/mol. The second kappa shape index (κ2) is 6.44. The SMILES string of the molecule is Nc1cccc(OCC(=O)OCCn2cccn2)c1. The Hall–Kier alpha value is -2.50. The largest absolute Gasteiger partial charge is 0.482 e. The number of carbonyl (C=O) groups excluding carboxylic acids is 1. The van der Waals surface area contributed by atoms with Gasteiger partial charge in [0.05, 0.1) is 6.54 Å². The Morgan fingerprint density at radius 2 is 2.26 bits per heavy atom. The number of nitrogens with zero attached hydrogens (tertiary/aromatic N) is 2. The van der Waals surface area contributed by atoms with Gasteiger partial charge in [-0.15, -0.1) is 0 Å². The minimum Gasteiger partial charge on any atom is -0.482 e. The molecule has 0 bridgehead atoms. The van der Waals surface area contributed by atoms with Crippen LogP contribution in [0.5, 0.6) is 5.75 Å². The van der Waals surface area contributed by atoms with E-state index in [1.807, 2.05) is 6.07 Å². The molecule has 0 fully saturated rings. The molecule has 0 aliphatic rings. The Balaban J connectivity index is 1.67. The van der Waals surface area contributed by atoms with Crippen LogP contribution < -0.4 is 10.5 Å². The van der Waals surface area contributed by atoms with Gasteiger partial charge in [-0.3, -0.25) is 4.68 Å². The van der Waals surface area contributed by atoms with Gasteiger partial charge < -0.3 is 15.2 Å². The monoisotopic (exact) mass is 261 g/mol. The molecule has 19 heavy (non-hydrogen) atoms. The highest BCUT2D eigenvalue weighted by Gasteiger charge is 2.04. The summed E-state index contributed by atoms with van der Waals surface area (Å²) in [6.07, 6.45) is 3.47. The number of nitrogens with two attached hydrogens (primary N) is 1.